The van der Waals surface area contributed by atoms with E-state index in [1.807, 2.05) is 0 Å². The van der Waals surface area contributed by atoms with Gasteiger partial charge in [-0.25, -0.2) is 0 Å². The molecule has 0 aliphatic carbocycles. The van der Waals surface area contributed by atoms with Crippen molar-refractivity contribution < 1.29 is 21.7 Å². The molecule has 0 radical (unpaired) electrons. The largest absolute Gasteiger partial charge is 0.662 e. The van der Waals surface area contributed by atoms with Gasteiger partial charge in [-0.2, -0.15) is 0 Å². The first-order valence-electron chi connectivity index (χ1n) is 4.05. The maximum Gasteiger partial charge on any atom is 0 e. The third-order valence-electron chi connectivity index (χ3n) is 1.34. The topological polar surface area (TPSA) is 14.1 Å². The third kappa shape index (κ3) is 11.5. The fourth-order valence-electron chi connectivity index (χ4n) is 0.652. The van der Waals surface area contributed by atoms with Crippen LogP contribution in [0.25, 0.3) is 5.32 Å². The molecule has 0 heterocycles. The van der Waals surface area contributed by atoms with Crippen LogP contribution in [-0.4, -0.2) is 13.1 Å². The zero-order chi connectivity index (χ0) is 6.95. The molecule has 0 saturated carbocycles. The number of nitrogens with zero attached hydrogens (tertiary/aromatic N) is 1. The van der Waals surface area contributed by atoms with E-state index in [9.17, 15) is 0 Å². The Hall–Kier alpha value is 0.674. The van der Waals surface area contributed by atoms with Crippen molar-refractivity contribution in [3.05, 3.63) is 5.32 Å². The molecule has 0 aliphatic rings. The van der Waals surface area contributed by atoms with Crippen molar-refractivity contribution in [1.82, 2.24) is 0 Å². The maximum atomic E-state index is 4.35. The Labute approximate surface area is 79.8 Å². The molecule has 0 unspecified atom stereocenters. The second kappa shape index (κ2) is 12.4. The predicted octanol–water partition coefficient (Wildman–Crippen LogP) is 2.96. The van der Waals surface area contributed by atoms with Crippen LogP contribution in [0.5, 0.6) is 0 Å². The minimum absolute atomic E-state index is 0. The first-order chi connectivity index (χ1) is 4.41. The van der Waals surface area contributed by atoms with Crippen molar-refractivity contribution in [1.29, 1.82) is 0 Å². The van der Waals surface area contributed by atoms with E-state index >= 15 is 0 Å². The zero-order valence-electron chi connectivity index (χ0n) is 7.19. The molecular formula is C8H18NTi-. The van der Waals surface area contributed by atoms with Gasteiger partial charge in [0.05, 0.1) is 0 Å². The van der Waals surface area contributed by atoms with Crippen LogP contribution >= 0.6 is 0 Å². The quantitative estimate of drug-likeness (QED) is 0.436. The normalized spacial score (nSPS) is 9.00. The van der Waals surface area contributed by atoms with Crippen LogP contribution in [0, 0.1) is 0 Å². The van der Waals surface area contributed by atoms with E-state index in [1.165, 1.54) is 25.7 Å². The SMILES string of the molecule is CCCC[N-]CCCC.[Ti]. The standard InChI is InChI=1S/C8H18N.Ti/c1-3-5-7-9-8-6-4-2;/h3-8H2,1-2H3;/q-1;. The molecule has 0 spiro atoms. The zero-order valence-corrected chi connectivity index (χ0v) is 8.75. The van der Waals surface area contributed by atoms with Crippen LogP contribution in [0.3, 0.4) is 0 Å². The number of unbranched alkanes of at least 4 members (excludes halogenated alkanes) is 2. The van der Waals surface area contributed by atoms with Crippen LogP contribution < -0.4 is 0 Å². The number of hydrogen-bond acceptors (Lipinski definition) is 0. The van der Waals surface area contributed by atoms with Gasteiger partial charge in [-0.3, -0.25) is 0 Å². The molecule has 0 aliphatic heterocycles. The van der Waals surface area contributed by atoms with E-state index in [1.54, 1.807) is 0 Å². The van der Waals surface area contributed by atoms with Crippen molar-refractivity contribution in [2.24, 2.45) is 0 Å². The van der Waals surface area contributed by atoms with Gasteiger partial charge >= 0.3 is 0 Å². The molecule has 0 atom stereocenters. The first-order valence-corrected chi connectivity index (χ1v) is 4.05. The molecule has 10 heavy (non-hydrogen) atoms. The van der Waals surface area contributed by atoms with Crippen molar-refractivity contribution in [3.8, 4) is 0 Å². The fraction of sp³-hybridized carbons (Fsp3) is 1.00. The molecule has 2 heteroatoms. The third-order valence-corrected chi connectivity index (χ3v) is 1.34. The van der Waals surface area contributed by atoms with Gasteiger partial charge in [-0.15, -0.1) is 13.1 Å². The summed E-state index contributed by atoms with van der Waals surface area (Å²) in [5.74, 6) is 0. The van der Waals surface area contributed by atoms with Gasteiger partial charge in [0.25, 0.3) is 0 Å². The molecular weight excluding hydrogens is 158 g/mol. The van der Waals surface area contributed by atoms with Crippen molar-refractivity contribution in [2.75, 3.05) is 13.1 Å². The Morgan fingerprint density at radius 2 is 1.30 bits per heavy atom. The van der Waals surface area contributed by atoms with E-state index in [0.29, 0.717) is 0 Å². The summed E-state index contributed by atoms with van der Waals surface area (Å²) in [5.41, 5.74) is 0. The summed E-state index contributed by atoms with van der Waals surface area (Å²) in [7, 11) is 0. The average Bonchev–Trinajstić information content (AvgIpc) is 1.89. The second-order valence-corrected chi connectivity index (χ2v) is 2.38. The van der Waals surface area contributed by atoms with Crippen LogP contribution in [0.2, 0.25) is 0 Å². The molecule has 0 aromatic rings. The fourth-order valence-corrected chi connectivity index (χ4v) is 0.652. The minimum atomic E-state index is 0. The summed E-state index contributed by atoms with van der Waals surface area (Å²) >= 11 is 0. The first kappa shape index (κ1) is 13.3. The Morgan fingerprint density at radius 1 is 0.900 bits per heavy atom. The van der Waals surface area contributed by atoms with E-state index in [-0.39, 0.29) is 21.7 Å². The smallest absolute Gasteiger partial charge is 0 e. The summed E-state index contributed by atoms with van der Waals surface area (Å²) in [6.07, 6.45) is 5.08. The molecule has 1 nitrogen and oxygen atoms in total. The Balaban J connectivity index is 0. The van der Waals surface area contributed by atoms with Gasteiger partial charge in [0.1, 0.15) is 0 Å². The maximum absolute atomic E-state index is 4.35. The Morgan fingerprint density at radius 3 is 1.60 bits per heavy atom. The summed E-state index contributed by atoms with van der Waals surface area (Å²) < 4.78 is 0. The van der Waals surface area contributed by atoms with Gasteiger partial charge in [0, 0.05) is 21.7 Å². The molecule has 0 saturated heterocycles. The van der Waals surface area contributed by atoms with Gasteiger partial charge < -0.3 is 5.32 Å². The Bertz CT molecular complexity index is 42.5. The van der Waals surface area contributed by atoms with Gasteiger partial charge in [-0.1, -0.05) is 39.5 Å². The van der Waals surface area contributed by atoms with Gasteiger partial charge in [0.15, 0.2) is 0 Å². The second-order valence-electron chi connectivity index (χ2n) is 2.38. The van der Waals surface area contributed by atoms with Crippen LogP contribution in [0.15, 0.2) is 0 Å². The monoisotopic (exact) mass is 176 g/mol. The van der Waals surface area contributed by atoms with Crippen LogP contribution in [0.1, 0.15) is 39.5 Å². The number of rotatable bonds is 6. The molecule has 0 fully saturated rings. The van der Waals surface area contributed by atoms with Gasteiger partial charge in [0.2, 0.25) is 0 Å². The Kier molecular flexibility index (Phi) is 16.4. The molecule has 0 amide bonds. The average molecular weight is 176 g/mol. The van der Waals surface area contributed by atoms with Gasteiger partial charge in [-0.05, 0) is 0 Å². The number of hydrogen-bond donors (Lipinski definition) is 0. The molecule has 0 bridgehead atoms. The van der Waals surface area contributed by atoms with E-state index in [0.717, 1.165) is 13.1 Å². The van der Waals surface area contributed by atoms with E-state index in [4.69, 9.17) is 0 Å². The summed E-state index contributed by atoms with van der Waals surface area (Å²) in [6.45, 7) is 6.57. The molecule has 0 N–H and O–H groups in total. The van der Waals surface area contributed by atoms with E-state index in [2.05, 4.69) is 19.2 Å². The molecule has 60 valence electrons. The van der Waals surface area contributed by atoms with E-state index < -0.39 is 0 Å². The van der Waals surface area contributed by atoms with Crippen LogP contribution in [0.4, 0.5) is 0 Å². The summed E-state index contributed by atoms with van der Waals surface area (Å²) in [4.78, 5) is 0. The van der Waals surface area contributed by atoms with Crippen molar-refractivity contribution in [2.45, 2.75) is 39.5 Å². The summed E-state index contributed by atoms with van der Waals surface area (Å²) in [5, 5.41) is 4.35. The summed E-state index contributed by atoms with van der Waals surface area (Å²) in [6, 6.07) is 0. The minimum Gasteiger partial charge on any atom is -0.662 e. The molecule has 0 rings (SSSR count). The van der Waals surface area contributed by atoms with Crippen molar-refractivity contribution in [3.63, 3.8) is 0 Å². The molecule has 0 aromatic heterocycles. The molecule has 0 aromatic carbocycles. The van der Waals surface area contributed by atoms with Crippen LogP contribution in [-0.2, 0) is 21.7 Å². The predicted molar refractivity (Wildman–Crippen MR) is 42.9 cm³/mol. The van der Waals surface area contributed by atoms with Crippen molar-refractivity contribution >= 4 is 0 Å².